The predicted molar refractivity (Wildman–Crippen MR) is 137 cm³/mol. The topological polar surface area (TPSA) is 118 Å². The number of aromatic nitrogens is 3. The Bertz CT molecular complexity index is 1260. The molecule has 1 unspecified atom stereocenters. The maximum atomic E-state index is 12.8. The van der Waals surface area contributed by atoms with Crippen LogP contribution in [-0.2, 0) is 11.8 Å². The summed E-state index contributed by atoms with van der Waals surface area (Å²) in [5.74, 6) is 0.375. The lowest BCUT2D eigenvalue weighted by Crippen LogP contribution is -2.26. The Hall–Kier alpha value is -3.59. The first-order valence-electron chi connectivity index (χ1n) is 11.1. The van der Waals surface area contributed by atoms with Gasteiger partial charge in [-0.05, 0) is 36.1 Å². The summed E-state index contributed by atoms with van der Waals surface area (Å²) in [7, 11) is 1.67. The monoisotopic (exact) mass is 475 g/mol. The van der Waals surface area contributed by atoms with Crippen LogP contribution in [0, 0.1) is 0 Å². The van der Waals surface area contributed by atoms with Crippen molar-refractivity contribution in [2.45, 2.75) is 45.1 Å². The molecule has 0 bridgehead atoms. The number of fused-ring (bicyclic) bond motifs is 1. The van der Waals surface area contributed by atoms with Gasteiger partial charge >= 0.3 is 0 Å². The van der Waals surface area contributed by atoms with Gasteiger partial charge in [0, 0.05) is 36.6 Å². The molecule has 0 aliphatic heterocycles. The van der Waals surface area contributed by atoms with Crippen LogP contribution in [0.4, 0.5) is 5.95 Å². The van der Waals surface area contributed by atoms with E-state index in [1.807, 2.05) is 12.1 Å². The highest BCUT2D eigenvalue weighted by atomic mass is 32.1. The zero-order valence-corrected chi connectivity index (χ0v) is 20.6. The lowest BCUT2D eigenvalue weighted by molar-refractivity contribution is 0.0940. The number of amides is 1. The van der Waals surface area contributed by atoms with Crippen molar-refractivity contribution in [2.75, 3.05) is 12.4 Å². The summed E-state index contributed by atoms with van der Waals surface area (Å²) in [6.45, 7) is 6.30. The van der Waals surface area contributed by atoms with Crippen molar-refractivity contribution in [3.63, 3.8) is 0 Å². The molecule has 2 heterocycles. The third-order valence-corrected chi connectivity index (χ3v) is 6.97. The number of nitrogens with two attached hydrogens (primary N) is 1. The van der Waals surface area contributed by atoms with Gasteiger partial charge in [0.05, 0.1) is 28.6 Å². The average molecular weight is 476 g/mol. The first-order valence-corrected chi connectivity index (χ1v) is 11.9. The van der Waals surface area contributed by atoms with Gasteiger partial charge < -0.3 is 16.4 Å². The first kappa shape index (κ1) is 23.6. The third-order valence-electron chi connectivity index (χ3n) is 5.55. The van der Waals surface area contributed by atoms with Crippen molar-refractivity contribution in [2.24, 2.45) is 10.7 Å². The van der Waals surface area contributed by atoms with E-state index in [1.54, 1.807) is 25.7 Å². The third kappa shape index (κ3) is 5.14. The van der Waals surface area contributed by atoms with Crippen LogP contribution in [0.1, 0.15) is 59.0 Å². The number of nitrogens with one attached hydrogen (secondary N) is 2. The second-order valence-corrected chi connectivity index (χ2v) is 10.2. The SMILES string of the molecule is CN=C/C(=C\N)Nc1nccc(-c2ccc3c(c2)CCC3NC(=O)c2cnc(C(C)(C)C)s2)n1. The van der Waals surface area contributed by atoms with E-state index < -0.39 is 0 Å². The summed E-state index contributed by atoms with van der Waals surface area (Å²) in [4.78, 5) is 30.8. The van der Waals surface area contributed by atoms with Gasteiger partial charge in [0.1, 0.15) is 4.88 Å². The quantitative estimate of drug-likeness (QED) is 0.459. The predicted octanol–water partition coefficient (Wildman–Crippen LogP) is 4.23. The fraction of sp³-hybridized carbons (Fsp3) is 0.320. The molecule has 1 amide bonds. The van der Waals surface area contributed by atoms with E-state index in [0.717, 1.165) is 34.7 Å². The maximum Gasteiger partial charge on any atom is 0.263 e. The largest absolute Gasteiger partial charge is 0.403 e. The van der Waals surface area contributed by atoms with Crippen molar-refractivity contribution < 1.29 is 4.79 Å². The fourth-order valence-corrected chi connectivity index (χ4v) is 4.72. The first-order chi connectivity index (χ1) is 16.3. The van der Waals surface area contributed by atoms with Crippen molar-refractivity contribution >= 4 is 29.4 Å². The molecule has 3 aromatic rings. The van der Waals surface area contributed by atoms with Crippen LogP contribution in [-0.4, -0.2) is 34.1 Å². The van der Waals surface area contributed by atoms with E-state index in [-0.39, 0.29) is 17.4 Å². The summed E-state index contributed by atoms with van der Waals surface area (Å²) < 4.78 is 0. The van der Waals surface area contributed by atoms with Gasteiger partial charge in [-0.1, -0.05) is 32.9 Å². The minimum atomic E-state index is -0.0687. The van der Waals surface area contributed by atoms with E-state index in [0.29, 0.717) is 16.5 Å². The number of carbonyl (C=O) groups is 1. The lowest BCUT2D eigenvalue weighted by atomic mass is 9.98. The van der Waals surface area contributed by atoms with Crippen molar-refractivity contribution in [3.05, 3.63) is 69.6 Å². The summed E-state index contributed by atoms with van der Waals surface area (Å²) in [5, 5.41) is 7.21. The highest BCUT2D eigenvalue weighted by Crippen LogP contribution is 2.35. The van der Waals surface area contributed by atoms with Crippen molar-refractivity contribution in [1.29, 1.82) is 0 Å². The molecule has 176 valence electrons. The molecule has 0 spiro atoms. The molecule has 1 aliphatic rings. The number of allylic oxidation sites excluding steroid dienone is 1. The van der Waals surface area contributed by atoms with Gasteiger partial charge in [-0.25, -0.2) is 15.0 Å². The van der Waals surface area contributed by atoms with Crippen molar-refractivity contribution in [3.8, 4) is 11.3 Å². The number of thiazole rings is 1. The molecule has 1 aliphatic carbocycles. The summed E-state index contributed by atoms with van der Waals surface area (Å²) in [5.41, 5.74) is 10.3. The lowest BCUT2D eigenvalue weighted by Gasteiger charge is -2.15. The second kappa shape index (κ2) is 9.72. The molecule has 34 heavy (non-hydrogen) atoms. The van der Waals surface area contributed by atoms with Crippen LogP contribution in [0.25, 0.3) is 11.3 Å². The molecule has 1 aromatic carbocycles. The standard InChI is InChI=1S/C25H29N7OS/c1-25(2,3)23-29-14-21(34-23)22(33)31-20-8-6-15-11-16(5-7-18(15)20)19-9-10-28-24(32-19)30-17(12-26)13-27-4/h5,7,9-14,20H,6,8,26H2,1-4H3,(H,31,33)(H,28,30,32)/b17-12+,27-13?. The molecule has 9 heteroatoms. The van der Waals surface area contributed by atoms with Gasteiger partial charge in [0.25, 0.3) is 5.91 Å². The zero-order chi connectivity index (χ0) is 24.3. The summed E-state index contributed by atoms with van der Waals surface area (Å²) in [6, 6.07) is 8.13. The molecule has 8 nitrogen and oxygen atoms in total. The van der Waals surface area contributed by atoms with E-state index in [4.69, 9.17) is 5.73 Å². The molecule has 1 atom stereocenters. The van der Waals surface area contributed by atoms with Crippen LogP contribution < -0.4 is 16.4 Å². The molecule has 0 saturated heterocycles. The average Bonchev–Trinajstić information content (AvgIpc) is 3.46. The Kier molecular flexibility index (Phi) is 6.74. The Balaban J connectivity index is 1.49. The smallest absolute Gasteiger partial charge is 0.263 e. The molecule has 0 radical (unpaired) electrons. The number of hydrogen-bond donors (Lipinski definition) is 3. The Labute approximate surface area is 203 Å². The minimum Gasteiger partial charge on any atom is -0.403 e. The molecule has 2 aromatic heterocycles. The molecular weight excluding hydrogens is 446 g/mol. The van der Waals surface area contributed by atoms with Gasteiger partial charge in [-0.15, -0.1) is 11.3 Å². The highest BCUT2D eigenvalue weighted by molar-refractivity contribution is 7.13. The van der Waals surface area contributed by atoms with Gasteiger partial charge in [-0.3, -0.25) is 9.79 Å². The number of rotatable bonds is 6. The van der Waals surface area contributed by atoms with Gasteiger partial charge in [0.2, 0.25) is 5.95 Å². The van der Waals surface area contributed by atoms with Crippen LogP contribution in [0.5, 0.6) is 0 Å². The molecule has 4 N–H and O–H groups in total. The molecule has 0 saturated carbocycles. The van der Waals surface area contributed by atoms with Crippen molar-refractivity contribution in [1.82, 2.24) is 20.3 Å². The highest BCUT2D eigenvalue weighted by Gasteiger charge is 2.26. The minimum absolute atomic E-state index is 0.00931. The van der Waals surface area contributed by atoms with Crippen LogP contribution in [0.15, 0.2) is 53.5 Å². The van der Waals surface area contributed by atoms with Gasteiger partial charge in [-0.2, -0.15) is 0 Å². The molecule has 0 fully saturated rings. The number of carbonyl (C=O) groups excluding carboxylic acids is 1. The van der Waals surface area contributed by atoms with Gasteiger partial charge in [0.15, 0.2) is 0 Å². The number of nitrogens with zero attached hydrogens (tertiary/aromatic N) is 4. The van der Waals surface area contributed by atoms with E-state index >= 15 is 0 Å². The second-order valence-electron chi connectivity index (χ2n) is 9.16. The van der Waals surface area contributed by atoms with E-state index in [9.17, 15) is 4.79 Å². The number of aryl methyl sites for hydroxylation is 1. The zero-order valence-electron chi connectivity index (χ0n) is 19.8. The molecule has 4 rings (SSSR count). The fourth-order valence-electron chi connectivity index (χ4n) is 3.85. The number of aliphatic imine (C=N–C) groups is 1. The van der Waals surface area contributed by atoms with Crippen LogP contribution in [0.2, 0.25) is 0 Å². The molecular formula is C25H29N7OS. The van der Waals surface area contributed by atoms with E-state index in [1.165, 1.54) is 23.1 Å². The summed E-state index contributed by atoms with van der Waals surface area (Å²) in [6.07, 6.45) is 8.18. The number of hydrogen-bond acceptors (Lipinski definition) is 8. The maximum absolute atomic E-state index is 12.8. The Morgan fingerprint density at radius 3 is 2.79 bits per heavy atom. The van der Waals surface area contributed by atoms with Crippen LogP contribution in [0.3, 0.4) is 0 Å². The normalized spacial score (nSPS) is 16.0. The Morgan fingerprint density at radius 1 is 1.26 bits per heavy atom. The number of anilines is 1. The van der Waals surface area contributed by atoms with E-state index in [2.05, 4.69) is 63.5 Å². The Morgan fingerprint density at radius 2 is 2.09 bits per heavy atom. The summed E-state index contributed by atoms with van der Waals surface area (Å²) >= 11 is 1.46. The number of benzene rings is 1. The van der Waals surface area contributed by atoms with Crippen LogP contribution >= 0.6 is 11.3 Å².